The zero-order chi connectivity index (χ0) is 12.1. The van der Waals surface area contributed by atoms with Gasteiger partial charge >= 0.3 is 0 Å². The summed E-state index contributed by atoms with van der Waals surface area (Å²) in [5, 5.41) is 2.65. The third-order valence-electron chi connectivity index (χ3n) is 2.11. The zero-order valence-corrected chi connectivity index (χ0v) is 9.70. The van der Waals surface area contributed by atoms with Crippen LogP contribution in [-0.2, 0) is 0 Å². The molecule has 5 heteroatoms. The quantitative estimate of drug-likeness (QED) is 0.489. The van der Waals surface area contributed by atoms with E-state index in [1.54, 1.807) is 0 Å². The lowest BCUT2D eigenvalue weighted by atomic mass is 10.0. The third kappa shape index (κ3) is 2.94. The highest BCUT2D eigenvalue weighted by Gasteiger charge is 2.20. The Morgan fingerprint density at radius 1 is 1.56 bits per heavy atom. The first kappa shape index (κ1) is 12.9. The van der Waals surface area contributed by atoms with Crippen molar-refractivity contribution in [3.63, 3.8) is 0 Å². The molecule has 0 saturated heterocycles. The molecule has 0 aromatic heterocycles. The highest BCUT2D eigenvalue weighted by molar-refractivity contribution is 7.13. The first-order valence-electron chi connectivity index (χ1n) is 4.66. The minimum Gasteiger partial charge on any atom is -0.292 e. The van der Waals surface area contributed by atoms with E-state index >= 15 is 0 Å². The van der Waals surface area contributed by atoms with Gasteiger partial charge in [-0.25, -0.2) is 8.78 Å². The number of benzene rings is 1. The molecule has 2 nitrogen and oxygen atoms in total. The molecule has 1 N–H and O–H groups in total. The molecule has 0 bridgehead atoms. The number of rotatable bonds is 5. The summed E-state index contributed by atoms with van der Waals surface area (Å²) in [6, 6.07) is 2.20. The largest absolute Gasteiger partial charge is 0.292 e. The molecule has 0 aliphatic carbocycles. The highest BCUT2D eigenvalue weighted by Crippen LogP contribution is 2.14. The fourth-order valence-electron chi connectivity index (χ4n) is 1.29. The highest BCUT2D eigenvalue weighted by atomic mass is 31.0. The summed E-state index contributed by atoms with van der Waals surface area (Å²) in [5.41, 5.74) is -0.248. The van der Waals surface area contributed by atoms with Gasteiger partial charge in [0, 0.05) is 0 Å². The molecule has 0 heterocycles. The summed E-state index contributed by atoms with van der Waals surface area (Å²) >= 11 is 0. The molecule has 1 aromatic carbocycles. The monoisotopic (exact) mass is 243 g/mol. The molecule has 86 valence electrons. The van der Waals surface area contributed by atoms with E-state index in [1.807, 2.05) is 0 Å². The fourth-order valence-corrected chi connectivity index (χ4v) is 1.58. The zero-order valence-electron chi connectivity index (χ0n) is 8.54. The van der Waals surface area contributed by atoms with Crippen molar-refractivity contribution in [2.24, 2.45) is 0 Å². The van der Waals surface area contributed by atoms with Crippen LogP contribution in [0.2, 0.25) is 0 Å². The van der Waals surface area contributed by atoms with Gasteiger partial charge in [-0.1, -0.05) is 15.5 Å². The van der Waals surface area contributed by atoms with E-state index in [2.05, 4.69) is 21.1 Å². The average Bonchev–Trinajstić information content (AvgIpc) is 2.28. The minimum atomic E-state index is -0.722. The van der Waals surface area contributed by atoms with E-state index in [-0.39, 0.29) is 5.56 Å². The topological polar surface area (TPSA) is 29.1 Å². The van der Waals surface area contributed by atoms with Crippen molar-refractivity contribution in [3.05, 3.63) is 48.1 Å². The van der Waals surface area contributed by atoms with Crippen molar-refractivity contribution in [1.29, 1.82) is 0 Å². The van der Waals surface area contributed by atoms with Crippen LogP contribution in [-0.4, -0.2) is 11.8 Å². The lowest BCUT2D eigenvalue weighted by Crippen LogP contribution is -2.30. The van der Waals surface area contributed by atoms with Crippen molar-refractivity contribution in [3.8, 4) is 0 Å². The van der Waals surface area contributed by atoms with E-state index in [4.69, 9.17) is 0 Å². The van der Waals surface area contributed by atoms with E-state index in [9.17, 15) is 13.6 Å². The number of carbonyl (C=O) groups excluding carboxylic acids is 1. The lowest BCUT2D eigenvalue weighted by molar-refractivity contribution is 0.0951. The molecular weight excluding hydrogens is 231 g/mol. The Morgan fingerprint density at radius 2 is 2.25 bits per heavy atom. The van der Waals surface area contributed by atoms with Crippen LogP contribution in [0.4, 0.5) is 8.78 Å². The second-order valence-corrected chi connectivity index (χ2v) is 3.57. The predicted octanol–water partition coefficient (Wildman–Crippen LogP) is 2.47. The average molecular weight is 243 g/mol. The van der Waals surface area contributed by atoms with Crippen LogP contribution in [0.15, 0.2) is 30.9 Å². The van der Waals surface area contributed by atoms with Crippen LogP contribution in [0.1, 0.15) is 16.8 Å². The van der Waals surface area contributed by atoms with Gasteiger partial charge in [-0.15, -0.1) is 6.58 Å². The van der Waals surface area contributed by atoms with Crippen molar-refractivity contribution >= 4 is 15.2 Å². The Balaban J connectivity index is 3.02. The number of carbonyl (C=O) groups is 1. The van der Waals surface area contributed by atoms with Gasteiger partial charge in [-0.3, -0.25) is 9.88 Å². The summed E-state index contributed by atoms with van der Waals surface area (Å²) < 4.78 is 26.2. The Labute approximate surface area is 95.0 Å². The second kappa shape index (κ2) is 5.83. The summed E-state index contributed by atoms with van der Waals surface area (Å²) in [4.78, 5) is 11.8. The molecule has 1 aromatic rings. The number of ketones is 1. The van der Waals surface area contributed by atoms with Gasteiger partial charge < -0.3 is 0 Å². The SMILES string of the molecule is C=CCC(NP)C(=O)c1cc(F)ccc1F. The van der Waals surface area contributed by atoms with Gasteiger partial charge in [-0.05, 0) is 24.6 Å². The van der Waals surface area contributed by atoms with Gasteiger partial charge in [0.25, 0.3) is 0 Å². The molecular formula is C11H12F2NOP. The van der Waals surface area contributed by atoms with Crippen molar-refractivity contribution in [2.75, 3.05) is 0 Å². The van der Waals surface area contributed by atoms with E-state index < -0.39 is 23.5 Å². The summed E-state index contributed by atoms with van der Waals surface area (Å²) in [7, 11) is 2.18. The molecule has 0 aliphatic rings. The van der Waals surface area contributed by atoms with Crippen LogP contribution in [0.5, 0.6) is 0 Å². The Hall–Kier alpha value is -1.12. The summed E-state index contributed by atoms with van der Waals surface area (Å²) in [5.74, 6) is -1.85. The van der Waals surface area contributed by atoms with Crippen LogP contribution >= 0.6 is 9.39 Å². The van der Waals surface area contributed by atoms with Crippen molar-refractivity contribution in [2.45, 2.75) is 12.5 Å². The maximum Gasteiger partial charge on any atom is 0.183 e. The summed E-state index contributed by atoms with van der Waals surface area (Å²) in [6.45, 7) is 3.50. The second-order valence-electron chi connectivity index (χ2n) is 3.23. The fraction of sp³-hybridized carbons (Fsp3) is 0.182. The number of Topliss-reactive ketones (excluding diaryl/α,β-unsaturated/α-hetero) is 1. The predicted molar refractivity (Wildman–Crippen MR) is 62.1 cm³/mol. The molecule has 0 saturated carbocycles. The third-order valence-corrected chi connectivity index (χ3v) is 2.52. The van der Waals surface area contributed by atoms with Gasteiger partial charge in [-0.2, -0.15) is 0 Å². The number of nitrogens with one attached hydrogen (secondary N) is 1. The molecule has 0 fully saturated rings. The molecule has 0 radical (unpaired) electrons. The molecule has 16 heavy (non-hydrogen) atoms. The maximum atomic E-state index is 13.3. The van der Waals surface area contributed by atoms with Crippen molar-refractivity contribution < 1.29 is 13.6 Å². The molecule has 0 amide bonds. The first-order chi connectivity index (χ1) is 7.60. The van der Waals surface area contributed by atoms with Gasteiger partial charge in [0.2, 0.25) is 0 Å². The van der Waals surface area contributed by atoms with Crippen LogP contribution in [0.25, 0.3) is 0 Å². The molecule has 1 rings (SSSR count). The van der Waals surface area contributed by atoms with Gasteiger partial charge in [0.15, 0.2) is 5.78 Å². The molecule has 0 spiro atoms. The van der Waals surface area contributed by atoms with Gasteiger partial charge in [0.1, 0.15) is 11.6 Å². The normalized spacial score (nSPS) is 12.2. The maximum absolute atomic E-state index is 13.3. The first-order valence-corrected chi connectivity index (χ1v) is 5.24. The smallest absolute Gasteiger partial charge is 0.183 e. The Bertz CT molecular complexity index is 409. The lowest BCUT2D eigenvalue weighted by Gasteiger charge is -2.13. The minimum absolute atomic E-state index is 0.248. The molecule has 0 aliphatic heterocycles. The van der Waals surface area contributed by atoms with E-state index in [0.29, 0.717) is 6.42 Å². The summed E-state index contributed by atoms with van der Waals surface area (Å²) in [6.07, 6.45) is 1.88. The Kier molecular flexibility index (Phi) is 4.71. The molecule has 2 atom stereocenters. The van der Waals surface area contributed by atoms with Crippen LogP contribution in [0.3, 0.4) is 0 Å². The van der Waals surface area contributed by atoms with Crippen LogP contribution < -0.4 is 5.09 Å². The van der Waals surface area contributed by atoms with Crippen LogP contribution in [0, 0.1) is 11.6 Å². The van der Waals surface area contributed by atoms with Gasteiger partial charge in [0.05, 0.1) is 11.6 Å². The van der Waals surface area contributed by atoms with Crippen molar-refractivity contribution in [1.82, 2.24) is 5.09 Å². The standard InChI is InChI=1S/C11H12F2NOP/c1-2-3-10(14-16)11(15)8-6-7(12)4-5-9(8)13/h2,4-6,10,14H,1,3,16H2. The van der Waals surface area contributed by atoms with E-state index in [1.165, 1.54) is 6.08 Å². The molecule has 2 unspecified atom stereocenters. The number of hydrogen-bond donors (Lipinski definition) is 1. The van der Waals surface area contributed by atoms with E-state index in [0.717, 1.165) is 18.2 Å². The number of halogens is 2. The Morgan fingerprint density at radius 3 is 2.81 bits per heavy atom. The number of hydrogen-bond acceptors (Lipinski definition) is 2.